The van der Waals surface area contributed by atoms with Gasteiger partial charge in [0.2, 0.25) is 0 Å². The van der Waals surface area contributed by atoms with E-state index in [0.29, 0.717) is 17.0 Å². The van der Waals surface area contributed by atoms with Gasteiger partial charge in [0, 0.05) is 0 Å². The number of rotatable bonds is 2. The molecule has 0 saturated carbocycles. The van der Waals surface area contributed by atoms with Crippen molar-refractivity contribution in [2.45, 2.75) is 24.5 Å². The molecule has 0 amide bonds. The second kappa shape index (κ2) is 3.37. The van der Waals surface area contributed by atoms with Crippen LogP contribution in [0.2, 0.25) is 0 Å². The molecular formula is C10H11N5O3. The van der Waals surface area contributed by atoms with Gasteiger partial charge >= 0.3 is 0 Å². The summed E-state index contributed by atoms with van der Waals surface area (Å²) in [6, 6.07) is 0. The van der Waals surface area contributed by atoms with E-state index in [1.54, 1.807) is 10.9 Å². The number of anilines is 1. The van der Waals surface area contributed by atoms with Crippen molar-refractivity contribution in [1.82, 2.24) is 19.5 Å². The average Bonchev–Trinajstić information content (AvgIpc) is 2.91. The number of nitrogens with zero attached hydrogens (tertiary/aromatic N) is 4. The van der Waals surface area contributed by atoms with Crippen molar-refractivity contribution in [3.63, 3.8) is 0 Å². The van der Waals surface area contributed by atoms with E-state index >= 15 is 0 Å². The molecule has 2 saturated heterocycles. The molecule has 0 radical (unpaired) electrons. The third kappa shape index (κ3) is 1.22. The Bertz CT molecular complexity index is 615. The Kier molecular flexibility index (Phi) is 1.91. The number of imidazole rings is 1. The molecule has 4 rings (SSSR count). The van der Waals surface area contributed by atoms with Gasteiger partial charge in [-0.1, -0.05) is 0 Å². The second-order valence-electron chi connectivity index (χ2n) is 4.40. The van der Waals surface area contributed by atoms with E-state index in [1.807, 2.05) is 0 Å². The molecule has 94 valence electrons. The van der Waals surface area contributed by atoms with Gasteiger partial charge in [0.15, 0.2) is 17.7 Å². The van der Waals surface area contributed by atoms with Crippen LogP contribution in [0.5, 0.6) is 0 Å². The largest absolute Gasteiger partial charge is 0.394 e. The number of nitrogens with two attached hydrogens (primary N) is 1. The maximum atomic E-state index is 9.16. The molecule has 2 aromatic heterocycles. The van der Waals surface area contributed by atoms with Crippen molar-refractivity contribution < 1.29 is 14.6 Å². The highest BCUT2D eigenvalue weighted by Crippen LogP contribution is 2.45. The maximum absolute atomic E-state index is 9.16. The third-order valence-electron chi connectivity index (χ3n) is 3.36. The van der Waals surface area contributed by atoms with Crippen molar-refractivity contribution in [1.29, 1.82) is 0 Å². The summed E-state index contributed by atoms with van der Waals surface area (Å²) in [6.07, 6.45) is 2.33. The monoisotopic (exact) mass is 249 g/mol. The van der Waals surface area contributed by atoms with Crippen LogP contribution in [-0.4, -0.2) is 49.5 Å². The van der Waals surface area contributed by atoms with Crippen molar-refractivity contribution in [2.24, 2.45) is 0 Å². The first kappa shape index (κ1) is 10.2. The topological polar surface area (TPSA) is 112 Å². The van der Waals surface area contributed by atoms with Gasteiger partial charge in [0.25, 0.3) is 0 Å². The molecule has 4 atom stereocenters. The van der Waals surface area contributed by atoms with Crippen LogP contribution >= 0.6 is 0 Å². The van der Waals surface area contributed by atoms with Gasteiger partial charge in [-0.05, 0) is 0 Å². The van der Waals surface area contributed by atoms with Gasteiger partial charge in [-0.15, -0.1) is 0 Å². The normalized spacial score (nSPS) is 33.8. The van der Waals surface area contributed by atoms with Gasteiger partial charge in [0.1, 0.15) is 30.2 Å². The molecule has 18 heavy (non-hydrogen) atoms. The molecule has 0 spiro atoms. The lowest BCUT2D eigenvalue weighted by atomic mass is 10.2. The minimum absolute atomic E-state index is 0.0309. The standard InChI is InChI=1S/C10H11N5O3/c11-8-5-9(13-2-12-8)15(3-14-5)10-7-6(18-7)4(1-16)17-10/h2-4,6-7,10,16H,1H2,(H2,11,12,13)/t4-,6+,7+,10-/m1/s1. The Morgan fingerprint density at radius 1 is 1.28 bits per heavy atom. The van der Waals surface area contributed by atoms with Crippen LogP contribution in [0.1, 0.15) is 6.23 Å². The smallest absolute Gasteiger partial charge is 0.167 e. The first-order valence-corrected chi connectivity index (χ1v) is 5.64. The van der Waals surface area contributed by atoms with E-state index in [1.165, 1.54) is 6.33 Å². The third-order valence-corrected chi connectivity index (χ3v) is 3.36. The molecule has 0 aliphatic carbocycles. The highest BCUT2D eigenvalue weighted by molar-refractivity contribution is 5.81. The van der Waals surface area contributed by atoms with Crippen LogP contribution in [0.25, 0.3) is 11.2 Å². The second-order valence-corrected chi connectivity index (χ2v) is 4.40. The lowest BCUT2D eigenvalue weighted by molar-refractivity contribution is -0.0823. The number of nitrogen functional groups attached to an aromatic ring is 1. The number of epoxide rings is 1. The van der Waals surface area contributed by atoms with Crippen molar-refractivity contribution in [2.75, 3.05) is 12.3 Å². The Morgan fingerprint density at radius 3 is 2.94 bits per heavy atom. The van der Waals surface area contributed by atoms with E-state index < -0.39 is 0 Å². The van der Waals surface area contributed by atoms with Gasteiger partial charge in [-0.25, -0.2) is 15.0 Å². The van der Waals surface area contributed by atoms with Crippen LogP contribution in [0.4, 0.5) is 5.82 Å². The molecule has 2 fully saturated rings. The summed E-state index contributed by atoms with van der Waals surface area (Å²) in [5, 5.41) is 9.16. The summed E-state index contributed by atoms with van der Waals surface area (Å²) in [4.78, 5) is 12.2. The number of hydrogen-bond donors (Lipinski definition) is 2. The molecule has 0 aromatic carbocycles. The summed E-state index contributed by atoms with van der Waals surface area (Å²) in [5.74, 6) is 0.337. The molecule has 0 unspecified atom stereocenters. The lowest BCUT2D eigenvalue weighted by Crippen LogP contribution is -2.22. The molecule has 3 N–H and O–H groups in total. The summed E-state index contributed by atoms with van der Waals surface area (Å²) < 4.78 is 12.9. The van der Waals surface area contributed by atoms with Crippen LogP contribution in [-0.2, 0) is 9.47 Å². The van der Waals surface area contributed by atoms with Gasteiger partial charge in [-0.3, -0.25) is 4.57 Å². The number of fused-ring (bicyclic) bond motifs is 2. The Hall–Kier alpha value is -1.77. The number of aromatic nitrogens is 4. The van der Waals surface area contributed by atoms with Crippen molar-refractivity contribution in [3.05, 3.63) is 12.7 Å². The zero-order valence-electron chi connectivity index (χ0n) is 9.30. The molecular weight excluding hydrogens is 238 g/mol. The van der Waals surface area contributed by atoms with E-state index in [4.69, 9.17) is 20.3 Å². The Morgan fingerprint density at radius 2 is 2.17 bits per heavy atom. The molecule has 8 nitrogen and oxygen atoms in total. The van der Waals surface area contributed by atoms with E-state index in [0.717, 1.165) is 0 Å². The summed E-state index contributed by atoms with van der Waals surface area (Å²) in [6.45, 7) is -0.0541. The molecule has 8 heteroatoms. The first-order chi connectivity index (χ1) is 8.79. The van der Waals surface area contributed by atoms with Crippen LogP contribution < -0.4 is 5.73 Å². The van der Waals surface area contributed by atoms with Gasteiger partial charge in [0.05, 0.1) is 12.9 Å². The molecule has 2 aromatic rings. The predicted molar refractivity (Wildman–Crippen MR) is 59.4 cm³/mol. The average molecular weight is 249 g/mol. The van der Waals surface area contributed by atoms with Crippen LogP contribution in [0.15, 0.2) is 12.7 Å². The highest BCUT2D eigenvalue weighted by Gasteiger charge is 2.58. The molecule has 2 aliphatic heterocycles. The SMILES string of the molecule is Nc1ncnc2c1ncn2[C@@H]1O[C@H](CO)[C@@H]2O[C@@H]21. The number of aliphatic hydroxyl groups is 1. The highest BCUT2D eigenvalue weighted by atomic mass is 16.7. The zero-order valence-corrected chi connectivity index (χ0v) is 9.30. The summed E-state index contributed by atoms with van der Waals surface area (Å²) in [5.41, 5.74) is 6.89. The zero-order chi connectivity index (χ0) is 12.3. The number of hydrogen-bond acceptors (Lipinski definition) is 7. The van der Waals surface area contributed by atoms with Gasteiger partial charge < -0.3 is 20.3 Å². The first-order valence-electron chi connectivity index (χ1n) is 5.64. The van der Waals surface area contributed by atoms with Gasteiger partial charge in [-0.2, -0.15) is 0 Å². The molecule has 0 bridgehead atoms. The Labute approximate surface area is 101 Å². The fourth-order valence-corrected chi connectivity index (χ4v) is 2.43. The van der Waals surface area contributed by atoms with Crippen LogP contribution in [0.3, 0.4) is 0 Å². The minimum Gasteiger partial charge on any atom is -0.394 e. The van der Waals surface area contributed by atoms with E-state index in [-0.39, 0.29) is 31.1 Å². The fraction of sp³-hybridized carbons (Fsp3) is 0.500. The predicted octanol–water partition coefficient (Wildman–Crippen LogP) is -0.934. The molecule has 2 aliphatic rings. The quantitative estimate of drug-likeness (QED) is 0.661. The molecule has 4 heterocycles. The summed E-state index contributed by atoms with van der Waals surface area (Å²) in [7, 11) is 0. The number of aliphatic hydroxyl groups excluding tert-OH is 1. The lowest BCUT2D eigenvalue weighted by Gasteiger charge is -2.17. The fourth-order valence-electron chi connectivity index (χ4n) is 2.43. The van der Waals surface area contributed by atoms with E-state index in [2.05, 4.69) is 15.0 Å². The minimum atomic E-state index is -0.313. The maximum Gasteiger partial charge on any atom is 0.167 e. The number of ether oxygens (including phenoxy) is 2. The Balaban J connectivity index is 1.78. The van der Waals surface area contributed by atoms with E-state index in [9.17, 15) is 0 Å². The summed E-state index contributed by atoms with van der Waals surface area (Å²) >= 11 is 0. The van der Waals surface area contributed by atoms with Crippen LogP contribution in [0, 0.1) is 0 Å². The van der Waals surface area contributed by atoms with Crippen molar-refractivity contribution in [3.8, 4) is 0 Å². The van der Waals surface area contributed by atoms with Crippen molar-refractivity contribution >= 4 is 17.0 Å².